The van der Waals surface area contributed by atoms with Crippen molar-refractivity contribution >= 4 is 45.0 Å². The topological polar surface area (TPSA) is 86.8 Å². The zero-order valence-electron chi connectivity index (χ0n) is 15.7. The Labute approximate surface area is 172 Å². The number of hydrogen-bond donors (Lipinski definition) is 0. The summed E-state index contributed by atoms with van der Waals surface area (Å²) in [6.45, 7) is 3.06. The van der Waals surface area contributed by atoms with Crippen LogP contribution in [0.1, 0.15) is 5.56 Å². The highest BCUT2D eigenvalue weighted by molar-refractivity contribution is 6.31. The first kappa shape index (κ1) is 17.6. The number of fused-ring (bicyclic) bond motifs is 2. The number of nitriles is 1. The van der Waals surface area contributed by atoms with Gasteiger partial charge >= 0.3 is 0 Å². The van der Waals surface area contributed by atoms with Crippen molar-refractivity contribution in [2.24, 2.45) is 7.05 Å². The van der Waals surface area contributed by atoms with Gasteiger partial charge in [0.25, 0.3) is 0 Å². The van der Waals surface area contributed by atoms with Crippen LogP contribution < -0.4 is 9.80 Å². The number of aryl methyl sites for hydroxylation is 1. The van der Waals surface area contributed by atoms with Gasteiger partial charge in [0.1, 0.15) is 18.2 Å². The number of pyridine rings is 1. The Bertz CT molecular complexity index is 1270. The van der Waals surface area contributed by atoms with Crippen molar-refractivity contribution < 1.29 is 0 Å². The molecule has 0 radical (unpaired) electrons. The third kappa shape index (κ3) is 2.91. The second kappa shape index (κ2) is 6.87. The summed E-state index contributed by atoms with van der Waals surface area (Å²) in [6, 6.07) is 7.87. The Balaban J connectivity index is 1.48. The number of benzene rings is 1. The first-order valence-electron chi connectivity index (χ1n) is 9.26. The number of hydrogen-bond acceptors (Lipinski definition) is 7. The Morgan fingerprint density at radius 2 is 1.79 bits per heavy atom. The fourth-order valence-electron chi connectivity index (χ4n) is 3.92. The van der Waals surface area contributed by atoms with Crippen LogP contribution in [0, 0.1) is 11.3 Å². The van der Waals surface area contributed by atoms with Gasteiger partial charge < -0.3 is 9.80 Å². The third-order valence-corrected chi connectivity index (χ3v) is 5.56. The van der Waals surface area contributed by atoms with Crippen molar-refractivity contribution in [3.63, 3.8) is 0 Å². The lowest BCUT2D eigenvalue weighted by atomic mass is 10.1. The van der Waals surface area contributed by atoms with Crippen LogP contribution in [0.2, 0.25) is 5.02 Å². The van der Waals surface area contributed by atoms with E-state index < -0.39 is 0 Å². The Hall–Kier alpha value is -3.44. The Kier molecular flexibility index (Phi) is 4.18. The molecule has 0 amide bonds. The van der Waals surface area contributed by atoms with Gasteiger partial charge in [-0.3, -0.25) is 9.67 Å². The van der Waals surface area contributed by atoms with Crippen molar-refractivity contribution in [3.8, 4) is 6.07 Å². The maximum atomic E-state index is 9.64. The molecule has 144 valence electrons. The fraction of sp³-hybridized carbons (Fsp3) is 0.250. The van der Waals surface area contributed by atoms with Gasteiger partial charge in [0, 0.05) is 49.8 Å². The average Bonchev–Trinajstić information content (AvgIpc) is 3.14. The standard InChI is InChI=1S/C20H17ClN8/c1-27-19-16(11-26-27)20(25-12-24-19)29-6-4-28(5-7-29)18-13(9-22)10-23-17-3-2-14(21)8-15(17)18/h2-3,8,10-12H,4-7H2,1H3. The largest absolute Gasteiger partial charge is 0.366 e. The van der Waals surface area contributed by atoms with Gasteiger partial charge in [-0.1, -0.05) is 11.6 Å². The summed E-state index contributed by atoms with van der Waals surface area (Å²) < 4.78 is 1.75. The number of rotatable bonds is 2. The molecule has 1 aliphatic rings. The van der Waals surface area contributed by atoms with Crippen molar-refractivity contribution in [1.29, 1.82) is 5.26 Å². The van der Waals surface area contributed by atoms with Crippen LogP contribution >= 0.6 is 11.6 Å². The second-order valence-corrected chi connectivity index (χ2v) is 7.41. The summed E-state index contributed by atoms with van der Waals surface area (Å²) in [6.07, 6.45) is 5.03. The molecule has 0 spiro atoms. The predicted octanol–water partition coefficient (Wildman–Crippen LogP) is 2.76. The van der Waals surface area contributed by atoms with E-state index in [2.05, 4.69) is 35.9 Å². The number of nitrogens with zero attached hydrogens (tertiary/aromatic N) is 8. The quantitative estimate of drug-likeness (QED) is 0.507. The first-order chi connectivity index (χ1) is 14.2. The van der Waals surface area contributed by atoms with E-state index in [1.54, 1.807) is 17.2 Å². The summed E-state index contributed by atoms with van der Waals surface area (Å²) >= 11 is 6.23. The lowest BCUT2D eigenvalue weighted by molar-refractivity contribution is 0.649. The Morgan fingerprint density at radius 1 is 1.00 bits per heavy atom. The molecule has 4 heterocycles. The van der Waals surface area contributed by atoms with E-state index >= 15 is 0 Å². The van der Waals surface area contributed by atoms with Gasteiger partial charge in [-0.15, -0.1) is 0 Å². The predicted molar refractivity (Wildman–Crippen MR) is 112 cm³/mol. The normalized spacial score (nSPS) is 14.5. The lowest BCUT2D eigenvalue weighted by Crippen LogP contribution is -2.47. The van der Waals surface area contributed by atoms with Gasteiger partial charge in [-0.25, -0.2) is 9.97 Å². The highest BCUT2D eigenvalue weighted by Crippen LogP contribution is 2.33. The highest BCUT2D eigenvalue weighted by Gasteiger charge is 2.24. The molecule has 29 heavy (non-hydrogen) atoms. The lowest BCUT2D eigenvalue weighted by Gasteiger charge is -2.37. The average molecular weight is 405 g/mol. The minimum absolute atomic E-state index is 0.560. The summed E-state index contributed by atoms with van der Waals surface area (Å²) in [4.78, 5) is 17.7. The van der Waals surface area contributed by atoms with Crippen LogP contribution in [-0.4, -0.2) is 50.9 Å². The second-order valence-electron chi connectivity index (χ2n) is 6.97. The molecule has 1 aliphatic heterocycles. The van der Waals surface area contributed by atoms with Crippen LogP contribution in [0.25, 0.3) is 21.9 Å². The van der Waals surface area contributed by atoms with Crippen LogP contribution in [0.4, 0.5) is 11.5 Å². The van der Waals surface area contributed by atoms with E-state index in [0.29, 0.717) is 10.6 Å². The zero-order valence-corrected chi connectivity index (χ0v) is 16.5. The van der Waals surface area contributed by atoms with Crippen molar-refractivity contribution in [2.45, 2.75) is 0 Å². The third-order valence-electron chi connectivity index (χ3n) is 5.33. The van der Waals surface area contributed by atoms with E-state index in [9.17, 15) is 5.26 Å². The molecule has 5 rings (SSSR count). The molecule has 0 saturated carbocycles. The van der Waals surface area contributed by atoms with E-state index in [1.165, 1.54) is 0 Å². The summed E-state index contributed by atoms with van der Waals surface area (Å²) in [7, 11) is 1.88. The molecule has 1 fully saturated rings. The molecular formula is C20H17ClN8. The summed E-state index contributed by atoms with van der Waals surface area (Å²) in [5.41, 5.74) is 3.11. The van der Waals surface area contributed by atoms with Crippen molar-refractivity contribution in [3.05, 3.63) is 47.5 Å². The van der Waals surface area contributed by atoms with Crippen molar-refractivity contribution in [2.75, 3.05) is 36.0 Å². The minimum atomic E-state index is 0.560. The van der Waals surface area contributed by atoms with Crippen LogP contribution in [0.15, 0.2) is 36.9 Å². The van der Waals surface area contributed by atoms with E-state index in [-0.39, 0.29) is 0 Å². The van der Waals surface area contributed by atoms with Crippen LogP contribution in [0.3, 0.4) is 0 Å². The molecule has 4 aromatic rings. The van der Waals surface area contributed by atoms with Crippen LogP contribution in [-0.2, 0) is 7.05 Å². The molecule has 0 N–H and O–H groups in total. The SMILES string of the molecule is Cn1ncc2c(N3CCN(c4c(C#N)cnc5ccc(Cl)cc45)CC3)ncnc21. The maximum absolute atomic E-state index is 9.64. The molecule has 0 unspecified atom stereocenters. The molecule has 0 bridgehead atoms. The highest BCUT2D eigenvalue weighted by atomic mass is 35.5. The number of anilines is 2. The molecular weight excluding hydrogens is 388 g/mol. The molecule has 0 aliphatic carbocycles. The van der Waals surface area contributed by atoms with Gasteiger partial charge in [0.2, 0.25) is 0 Å². The van der Waals surface area contributed by atoms with Gasteiger partial charge in [-0.2, -0.15) is 10.4 Å². The van der Waals surface area contributed by atoms with Crippen molar-refractivity contribution in [1.82, 2.24) is 24.7 Å². The monoisotopic (exact) mass is 404 g/mol. The fourth-order valence-corrected chi connectivity index (χ4v) is 4.09. The molecule has 1 aromatic carbocycles. The molecule has 0 atom stereocenters. The molecule has 9 heteroatoms. The Morgan fingerprint density at radius 3 is 2.59 bits per heavy atom. The van der Waals surface area contributed by atoms with E-state index in [1.807, 2.05) is 31.4 Å². The zero-order chi connectivity index (χ0) is 20.0. The first-order valence-corrected chi connectivity index (χ1v) is 9.64. The molecule has 3 aromatic heterocycles. The number of aromatic nitrogens is 5. The van der Waals surface area contributed by atoms with Gasteiger partial charge in [-0.05, 0) is 18.2 Å². The van der Waals surface area contributed by atoms with Gasteiger partial charge in [0.15, 0.2) is 5.65 Å². The summed E-state index contributed by atoms with van der Waals surface area (Å²) in [5, 5.41) is 16.4. The smallest absolute Gasteiger partial charge is 0.163 e. The van der Waals surface area contributed by atoms with Crippen LogP contribution in [0.5, 0.6) is 0 Å². The van der Waals surface area contributed by atoms with E-state index in [4.69, 9.17) is 11.6 Å². The molecule has 8 nitrogen and oxygen atoms in total. The molecule has 1 saturated heterocycles. The minimum Gasteiger partial charge on any atom is -0.366 e. The number of piperazine rings is 1. The number of halogens is 1. The van der Waals surface area contributed by atoms with Gasteiger partial charge in [0.05, 0.1) is 28.4 Å². The maximum Gasteiger partial charge on any atom is 0.163 e. The summed E-state index contributed by atoms with van der Waals surface area (Å²) in [5.74, 6) is 0.894. The van der Waals surface area contributed by atoms with E-state index in [0.717, 1.165) is 59.6 Å².